The normalized spacial score (nSPS) is 12.2. The van der Waals surface area contributed by atoms with E-state index in [-0.39, 0.29) is 23.4 Å². The van der Waals surface area contributed by atoms with Crippen LogP contribution in [0, 0.1) is 13.8 Å². The van der Waals surface area contributed by atoms with Crippen molar-refractivity contribution >= 4 is 27.5 Å². The largest absolute Gasteiger partial charge is 0.352 e. The van der Waals surface area contributed by atoms with Crippen LogP contribution in [0.3, 0.4) is 0 Å². The lowest BCUT2D eigenvalue weighted by atomic mass is 10.1. The van der Waals surface area contributed by atoms with Gasteiger partial charge in [-0.3, -0.25) is 13.9 Å². The number of benzene rings is 3. The molecule has 3 aromatic rings. The van der Waals surface area contributed by atoms with Crippen LogP contribution in [-0.4, -0.2) is 43.8 Å². The summed E-state index contributed by atoms with van der Waals surface area (Å²) in [6.45, 7) is 9.06. The van der Waals surface area contributed by atoms with Gasteiger partial charge in [-0.05, 0) is 63.4 Å². The van der Waals surface area contributed by atoms with Gasteiger partial charge in [0, 0.05) is 12.6 Å². The summed E-state index contributed by atoms with van der Waals surface area (Å²) in [6, 6.07) is 22.1. The van der Waals surface area contributed by atoms with E-state index in [9.17, 15) is 18.0 Å². The van der Waals surface area contributed by atoms with Gasteiger partial charge in [-0.1, -0.05) is 73.2 Å². The summed E-state index contributed by atoms with van der Waals surface area (Å²) < 4.78 is 28.9. The molecule has 8 heteroatoms. The molecule has 202 valence electrons. The molecule has 0 fully saturated rings. The molecule has 1 N–H and O–H groups in total. The van der Waals surface area contributed by atoms with E-state index < -0.39 is 28.5 Å². The van der Waals surface area contributed by atoms with Crippen LogP contribution in [-0.2, 0) is 26.2 Å². The fourth-order valence-corrected chi connectivity index (χ4v) is 5.90. The third-order valence-electron chi connectivity index (χ3n) is 6.24. The van der Waals surface area contributed by atoms with Crippen LogP contribution in [0.25, 0.3) is 0 Å². The fourth-order valence-electron chi connectivity index (χ4n) is 4.40. The number of aryl methyl sites for hydroxylation is 2. The minimum absolute atomic E-state index is 0.0898. The second kappa shape index (κ2) is 12.7. The Kier molecular flexibility index (Phi) is 9.69. The molecule has 0 saturated carbocycles. The summed E-state index contributed by atoms with van der Waals surface area (Å²) in [5, 5.41) is 2.91. The Morgan fingerprint density at radius 3 is 2.05 bits per heavy atom. The van der Waals surface area contributed by atoms with Gasteiger partial charge in [0.25, 0.3) is 10.0 Å². The third kappa shape index (κ3) is 7.01. The molecule has 0 saturated heterocycles. The van der Waals surface area contributed by atoms with Crippen molar-refractivity contribution in [3.8, 4) is 0 Å². The van der Waals surface area contributed by atoms with Crippen molar-refractivity contribution in [3.05, 3.63) is 95.6 Å². The lowest BCUT2D eigenvalue weighted by Crippen LogP contribution is -2.53. The number of carbonyl (C=O) groups excluding carboxylic acids is 2. The number of hydrogen-bond donors (Lipinski definition) is 1. The van der Waals surface area contributed by atoms with Gasteiger partial charge in [-0.25, -0.2) is 8.42 Å². The summed E-state index contributed by atoms with van der Waals surface area (Å²) in [7, 11) is -4.08. The number of anilines is 1. The van der Waals surface area contributed by atoms with Crippen molar-refractivity contribution in [2.45, 2.75) is 64.6 Å². The second-order valence-electron chi connectivity index (χ2n) is 9.71. The molecular formula is C30H37N3O4S. The SMILES string of the molecule is CC[C@@H](C(=O)NC(C)C)N(Cc1ccccc1)C(=O)CN(c1ccc(C)cc1C)S(=O)(=O)c1ccccc1. The molecule has 0 aliphatic carbocycles. The second-order valence-corrected chi connectivity index (χ2v) is 11.6. The van der Waals surface area contributed by atoms with Crippen LogP contribution in [0.4, 0.5) is 5.69 Å². The van der Waals surface area contributed by atoms with Crippen molar-refractivity contribution in [2.24, 2.45) is 0 Å². The molecule has 38 heavy (non-hydrogen) atoms. The molecule has 0 spiro atoms. The summed E-state index contributed by atoms with van der Waals surface area (Å²) in [4.78, 5) is 28.7. The highest BCUT2D eigenvalue weighted by Gasteiger charge is 2.34. The summed E-state index contributed by atoms with van der Waals surface area (Å²) >= 11 is 0. The van der Waals surface area contributed by atoms with Crippen LogP contribution >= 0.6 is 0 Å². The highest BCUT2D eigenvalue weighted by atomic mass is 32.2. The Morgan fingerprint density at radius 1 is 0.895 bits per heavy atom. The molecule has 0 aliphatic heterocycles. The number of rotatable bonds is 11. The van der Waals surface area contributed by atoms with Gasteiger partial charge in [0.05, 0.1) is 10.6 Å². The number of hydrogen-bond acceptors (Lipinski definition) is 4. The number of nitrogens with one attached hydrogen (secondary N) is 1. The third-order valence-corrected chi connectivity index (χ3v) is 8.02. The molecule has 3 rings (SSSR count). The molecule has 0 aromatic heterocycles. The van der Waals surface area contributed by atoms with E-state index in [4.69, 9.17) is 0 Å². The molecule has 0 heterocycles. The number of amides is 2. The van der Waals surface area contributed by atoms with Gasteiger partial charge in [0.1, 0.15) is 12.6 Å². The molecule has 0 aliphatic rings. The first-order valence-electron chi connectivity index (χ1n) is 12.8. The van der Waals surface area contributed by atoms with Crippen molar-refractivity contribution < 1.29 is 18.0 Å². The van der Waals surface area contributed by atoms with E-state index in [1.54, 1.807) is 24.3 Å². The maximum absolute atomic E-state index is 14.0. The first-order valence-corrected chi connectivity index (χ1v) is 14.3. The highest BCUT2D eigenvalue weighted by molar-refractivity contribution is 7.92. The molecule has 0 radical (unpaired) electrons. The zero-order valence-corrected chi connectivity index (χ0v) is 23.5. The summed E-state index contributed by atoms with van der Waals surface area (Å²) in [6.07, 6.45) is 0.381. The predicted octanol–water partition coefficient (Wildman–Crippen LogP) is 4.83. The molecule has 1 atom stereocenters. The Bertz CT molecular complexity index is 1340. The summed E-state index contributed by atoms with van der Waals surface area (Å²) in [5.74, 6) is -0.727. The van der Waals surface area contributed by atoms with E-state index in [2.05, 4.69) is 5.32 Å². The Morgan fingerprint density at radius 2 is 1.50 bits per heavy atom. The van der Waals surface area contributed by atoms with Crippen LogP contribution in [0.2, 0.25) is 0 Å². The van der Waals surface area contributed by atoms with E-state index in [1.807, 2.05) is 77.1 Å². The zero-order chi connectivity index (χ0) is 27.9. The van der Waals surface area contributed by atoms with Crippen LogP contribution in [0.5, 0.6) is 0 Å². The Hall–Kier alpha value is -3.65. The van der Waals surface area contributed by atoms with Crippen LogP contribution in [0.15, 0.2) is 83.8 Å². The summed E-state index contributed by atoms with van der Waals surface area (Å²) in [5.41, 5.74) is 2.99. The molecule has 0 bridgehead atoms. The zero-order valence-electron chi connectivity index (χ0n) is 22.7. The first-order chi connectivity index (χ1) is 18.0. The molecule has 0 unspecified atom stereocenters. The Balaban J connectivity index is 2.07. The Labute approximate surface area is 226 Å². The van der Waals surface area contributed by atoms with Gasteiger partial charge in [0.15, 0.2) is 0 Å². The van der Waals surface area contributed by atoms with Crippen LogP contribution in [0.1, 0.15) is 43.9 Å². The lowest BCUT2D eigenvalue weighted by molar-refractivity contribution is -0.140. The van der Waals surface area contributed by atoms with Crippen molar-refractivity contribution in [1.29, 1.82) is 0 Å². The smallest absolute Gasteiger partial charge is 0.264 e. The number of carbonyl (C=O) groups is 2. The lowest BCUT2D eigenvalue weighted by Gasteiger charge is -2.34. The average Bonchev–Trinajstić information content (AvgIpc) is 2.88. The first kappa shape index (κ1) is 28.9. The quantitative estimate of drug-likeness (QED) is 0.381. The predicted molar refractivity (Wildman–Crippen MR) is 151 cm³/mol. The van der Waals surface area contributed by atoms with Gasteiger partial charge in [-0.15, -0.1) is 0 Å². The van der Waals surface area contributed by atoms with Crippen molar-refractivity contribution in [1.82, 2.24) is 10.2 Å². The number of sulfonamides is 1. The van der Waals surface area contributed by atoms with Gasteiger partial charge < -0.3 is 10.2 Å². The highest BCUT2D eigenvalue weighted by Crippen LogP contribution is 2.28. The number of nitrogens with zero attached hydrogens (tertiary/aromatic N) is 2. The van der Waals surface area contributed by atoms with Crippen molar-refractivity contribution in [3.63, 3.8) is 0 Å². The van der Waals surface area contributed by atoms with Crippen LogP contribution < -0.4 is 9.62 Å². The van der Waals surface area contributed by atoms with E-state index in [0.29, 0.717) is 12.1 Å². The van der Waals surface area contributed by atoms with E-state index in [1.165, 1.54) is 17.0 Å². The molecule has 7 nitrogen and oxygen atoms in total. The molecule has 2 amide bonds. The van der Waals surface area contributed by atoms with E-state index >= 15 is 0 Å². The van der Waals surface area contributed by atoms with Crippen molar-refractivity contribution in [2.75, 3.05) is 10.8 Å². The standard InChI is InChI=1S/C30H37N3O4S/c1-6-27(30(35)31-22(2)3)32(20-25-13-9-7-10-14-25)29(34)21-33(28-18-17-23(4)19-24(28)5)38(36,37)26-15-11-8-12-16-26/h7-19,22,27H,6,20-21H2,1-5H3,(H,31,35)/t27-/m0/s1. The van der Waals surface area contributed by atoms with Gasteiger partial charge >= 0.3 is 0 Å². The average molecular weight is 536 g/mol. The molecular weight excluding hydrogens is 498 g/mol. The topological polar surface area (TPSA) is 86.8 Å². The fraction of sp³-hybridized carbons (Fsp3) is 0.333. The molecule has 3 aromatic carbocycles. The van der Waals surface area contributed by atoms with Gasteiger partial charge in [0.2, 0.25) is 11.8 Å². The maximum Gasteiger partial charge on any atom is 0.264 e. The minimum atomic E-state index is -4.08. The monoisotopic (exact) mass is 535 g/mol. The minimum Gasteiger partial charge on any atom is -0.352 e. The maximum atomic E-state index is 14.0. The van der Waals surface area contributed by atoms with E-state index in [0.717, 1.165) is 21.0 Å². The van der Waals surface area contributed by atoms with Gasteiger partial charge in [-0.2, -0.15) is 0 Å².